The number of rotatable bonds is 4. The lowest BCUT2D eigenvalue weighted by Gasteiger charge is -2.08. The Morgan fingerprint density at radius 2 is 1.81 bits per heavy atom. The van der Waals surface area contributed by atoms with Crippen molar-refractivity contribution in [3.63, 3.8) is 0 Å². The molecule has 0 aliphatic heterocycles. The summed E-state index contributed by atoms with van der Waals surface area (Å²) in [5.41, 5.74) is 6.52. The predicted octanol–water partition coefficient (Wildman–Crippen LogP) is 4.89. The van der Waals surface area contributed by atoms with Crippen molar-refractivity contribution in [3.05, 3.63) is 65.4 Å². The molecule has 0 fully saturated rings. The molecule has 3 rings (SSSR count). The Morgan fingerprint density at radius 3 is 2.57 bits per heavy atom. The maximum absolute atomic E-state index is 3.55. The zero-order valence-electron chi connectivity index (χ0n) is 13.0. The molecular weight excluding hydrogens is 256 g/mol. The number of hydrogen-bond acceptors (Lipinski definition) is 1. The molecule has 2 aromatic carbocycles. The fourth-order valence-electron chi connectivity index (χ4n) is 2.77. The molecule has 0 aliphatic carbocycles. The summed E-state index contributed by atoms with van der Waals surface area (Å²) in [4.78, 5) is 0. The molecule has 2 heteroatoms. The SMILES string of the molecule is CCn1cc(CNc2ccc(C)c(C)c2)c2ccccc21. The summed E-state index contributed by atoms with van der Waals surface area (Å²) < 4.78 is 2.31. The van der Waals surface area contributed by atoms with Gasteiger partial charge >= 0.3 is 0 Å². The van der Waals surface area contributed by atoms with Crippen molar-refractivity contribution in [3.8, 4) is 0 Å². The minimum Gasteiger partial charge on any atom is -0.381 e. The lowest BCUT2D eigenvalue weighted by Crippen LogP contribution is -1.99. The van der Waals surface area contributed by atoms with Crippen molar-refractivity contribution in [2.75, 3.05) is 5.32 Å². The van der Waals surface area contributed by atoms with E-state index in [-0.39, 0.29) is 0 Å². The third-order valence-corrected chi connectivity index (χ3v) is 4.20. The average molecular weight is 278 g/mol. The highest BCUT2D eigenvalue weighted by Gasteiger charge is 2.06. The van der Waals surface area contributed by atoms with E-state index in [0.29, 0.717) is 0 Å². The molecule has 21 heavy (non-hydrogen) atoms. The normalized spacial score (nSPS) is 11.0. The Balaban J connectivity index is 1.86. The maximum atomic E-state index is 3.55. The first-order chi connectivity index (χ1) is 10.2. The van der Waals surface area contributed by atoms with Crippen LogP contribution in [0.25, 0.3) is 10.9 Å². The first kappa shape index (κ1) is 13.7. The molecule has 0 bridgehead atoms. The lowest BCUT2D eigenvalue weighted by molar-refractivity contribution is 0.793. The molecule has 1 heterocycles. The van der Waals surface area contributed by atoms with Crippen LogP contribution in [0.4, 0.5) is 5.69 Å². The highest BCUT2D eigenvalue weighted by molar-refractivity contribution is 5.84. The van der Waals surface area contributed by atoms with Crippen LogP contribution in [0.2, 0.25) is 0 Å². The zero-order valence-corrected chi connectivity index (χ0v) is 13.0. The zero-order chi connectivity index (χ0) is 14.8. The van der Waals surface area contributed by atoms with E-state index in [1.54, 1.807) is 0 Å². The van der Waals surface area contributed by atoms with Gasteiger partial charge in [0.2, 0.25) is 0 Å². The molecule has 108 valence electrons. The minimum absolute atomic E-state index is 0.857. The van der Waals surface area contributed by atoms with Gasteiger partial charge < -0.3 is 9.88 Å². The number of benzene rings is 2. The van der Waals surface area contributed by atoms with Gasteiger partial charge in [-0.2, -0.15) is 0 Å². The smallest absolute Gasteiger partial charge is 0.0483 e. The fourth-order valence-corrected chi connectivity index (χ4v) is 2.77. The van der Waals surface area contributed by atoms with Gasteiger partial charge in [-0.3, -0.25) is 0 Å². The molecular formula is C19H22N2. The summed E-state index contributed by atoms with van der Waals surface area (Å²) in [6, 6.07) is 15.2. The Bertz CT molecular complexity index is 768. The quantitative estimate of drug-likeness (QED) is 0.719. The van der Waals surface area contributed by atoms with Crippen molar-refractivity contribution in [2.24, 2.45) is 0 Å². The first-order valence-corrected chi connectivity index (χ1v) is 7.57. The highest BCUT2D eigenvalue weighted by Crippen LogP contribution is 2.23. The van der Waals surface area contributed by atoms with Gasteiger partial charge in [-0.1, -0.05) is 24.3 Å². The number of fused-ring (bicyclic) bond motifs is 1. The molecule has 0 radical (unpaired) electrons. The van der Waals surface area contributed by atoms with E-state index >= 15 is 0 Å². The summed E-state index contributed by atoms with van der Waals surface area (Å²) in [6.45, 7) is 8.35. The molecule has 2 nitrogen and oxygen atoms in total. The van der Waals surface area contributed by atoms with E-state index in [1.807, 2.05) is 0 Å². The molecule has 1 N–H and O–H groups in total. The molecule has 0 atom stereocenters. The summed E-state index contributed by atoms with van der Waals surface area (Å²) in [6.07, 6.45) is 2.26. The van der Waals surface area contributed by atoms with Crippen molar-refractivity contribution >= 4 is 16.6 Å². The summed E-state index contributed by atoms with van der Waals surface area (Å²) >= 11 is 0. The van der Waals surface area contributed by atoms with Crippen molar-refractivity contribution in [2.45, 2.75) is 33.9 Å². The lowest BCUT2D eigenvalue weighted by atomic mass is 10.1. The topological polar surface area (TPSA) is 17.0 Å². The standard InChI is InChI=1S/C19H22N2/c1-4-21-13-16(18-7-5-6-8-19(18)21)12-20-17-10-9-14(2)15(3)11-17/h5-11,13,20H,4,12H2,1-3H3. The van der Waals surface area contributed by atoms with Crippen molar-refractivity contribution < 1.29 is 0 Å². The molecule has 3 aromatic rings. The average Bonchev–Trinajstić information content (AvgIpc) is 2.87. The van der Waals surface area contributed by atoms with Crippen LogP contribution in [-0.4, -0.2) is 4.57 Å². The second-order valence-electron chi connectivity index (χ2n) is 5.61. The van der Waals surface area contributed by atoms with Gasteiger partial charge in [0.05, 0.1) is 0 Å². The van der Waals surface area contributed by atoms with Gasteiger partial charge in [0.1, 0.15) is 0 Å². The summed E-state index contributed by atoms with van der Waals surface area (Å²) in [5.74, 6) is 0. The Morgan fingerprint density at radius 1 is 1.00 bits per heavy atom. The van der Waals surface area contributed by atoms with Crippen LogP contribution in [0, 0.1) is 13.8 Å². The first-order valence-electron chi connectivity index (χ1n) is 7.57. The van der Waals surface area contributed by atoms with E-state index in [9.17, 15) is 0 Å². The van der Waals surface area contributed by atoms with Gasteiger partial charge in [0.15, 0.2) is 0 Å². The molecule has 0 spiro atoms. The van der Waals surface area contributed by atoms with Crippen LogP contribution in [-0.2, 0) is 13.1 Å². The highest BCUT2D eigenvalue weighted by atomic mass is 15.0. The number of nitrogens with zero attached hydrogens (tertiary/aromatic N) is 1. The second kappa shape index (κ2) is 5.65. The van der Waals surface area contributed by atoms with E-state index < -0.39 is 0 Å². The Labute approximate surface area is 126 Å². The molecule has 1 aromatic heterocycles. The third kappa shape index (κ3) is 2.66. The molecule has 0 unspecified atom stereocenters. The number of nitrogens with one attached hydrogen (secondary N) is 1. The Kier molecular flexibility index (Phi) is 3.70. The monoisotopic (exact) mass is 278 g/mol. The van der Waals surface area contributed by atoms with Crippen LogP contribution in [0.1, 0.15) is 23.6 Å². The van der Waals surface area contributed by atoms with Crippen LogP contribution >= 0.6 is 0 Å². The van der Waals surface area contributed by atoms with Gasteiger partial charge in [0, 0.05) is 35.9 Å². The third-order valence-electron chi connectivity index (χ3n) is 4.20. The van der Waals surface area contributed by atoms with Crippen LogP contribution in [0.15, 0.2) is 48.7 Å². The number of hydrogen-bond donors (Lipinski definition) is 1. The van der Waals surface area contributed by atoms with Gasteiger partial charge in [-0.15, -0.1) is 0 Å². The van der Waals surface area contributed by atoms with E-state index in [1.165, 1.54) is 33.3 Å². The van der Waals surface area contributed by atoms with Crippen LogP contribution in [0.5, 0.6) is 0 Å². The predicted molar refractivity (Wildman–Crippen MR) is 90.9 cm³/mol. The number of para-hydroxylation sites is 1. The minimum atomic E-state index is 0.857. The number of aryl methyl sites for hydroxylation is 3. The molecule has 0 aliphatic rings. The van der Waals surface area contributed by atoms with E-state index in [0.717, 1.165) is 13.1 Å². The van der Waals surface area contributed by atoms with Crippen LogP contribution in [0.3, 0.4) is 0 Å². The largest absolute Gasteiger partial charge is 0.381 e. The Hall–Kier alpha value is -2.22. The second-order valence-corrected chi connectivity index (χ2v) is 5.61. The van der Waals surface area contributed by atoms with Crippen LogP contribution < -0.4 is 5.32 Å². The number of anilines is 1. The fraction of sp³-hybridized carbons (Fsp3) is 0.263. The van der Waals surface area contributed by atoms with Crippen molar-refractivity contribution in [1.82, 2.24) is 4.57 Å². The van der Waals surface area contributed by atoms with E-state index in [2.05, 4.69) is 79.3 Å². The molecule has 0 amide bonds. The van der Waals surface area contributed by atoms with Gasteiger partial charge in [0.25, 0.3) is 0 Å². The number of aromatic nitrogens is 1. The van der Waals surface area contributed by atoms with Crippen molar-refractivity contribution in [1.29, 1.82) is 0 Å². The molecule has 0 saturated carbocycles. The summed E-state index contributed by atoms with van der Waals surface area (Å²) in [5, 5.41) is 4.89. The maximum Gasteiger partial charge on any atom is 0.0483 e. The van der Waals surface area contributed by atoms with E-state index in [4.69, 9.17) is 0 Å². The van der Waals surface area contributed by atoms with Gasteiger partial charge in [-0.25, -0.2) is 0 Å². The summed E-state index contributed by atoms with van der Waals surface area (Å²) in [7, 11) is 0. The molecule has 0 saturated heterocycles. The van der Waals surface area contributed by atoms with Gasteiger partial charge in [-0.05, 0) is 55.7 Å².